The van der Waals surface area contributed by atoms with Crippen LogP contribution in [0.5, 0.6) is 0 Å². The fourth-order valence-corrected chi connectivity index (χ4v) is 4.29. The maximum absolute atomic E-state index is 13.1. The van der Waals surface area contributed by atoms with E-state index in [4.69, 9.17) is 4.74 Å². The highest BCUT2D eigenvalue weighted by Crippen LogP contribution is 2.42. The third kappa shape index (κ3) is 3.35. The zero-order chi connectivity index (χ0) is 17.2. The first-order valence-corrected chi connectivity index (χ1v) is 9.19. The van der Waals surface area contributed by atoms with Gasteiger partial charge in [0.25, 0.3) is 0 Å². The number of likely N-dealkylation sites (tertiary alicyclic amines) is 1. The highest BCUT2D eigenvalue weighted by molar-refractivity contribution is 5.81. The number of hydrogen-bond acceptors (Lipinski definition) is 4. The van der Waals surface area contributed by atoms with Crippen molar-refractivity contribution in [3.63, 3.8) is 0 Å². The van der Waals surface area contributed by atoms with E-state index < -0.39 is 11.6 Å². The molecule has 1 saturated heterocycles. The molecule has 2 fully saturated rings. The average molecular weight is 331 g/mol. The van der Waals surface area contributed by atoms with Crippen LogP contribution in [0.25, 0.3) is 0 Å². The number of carbonyl (C=O) groups is 1. The van der Waals surface area contributed by atoms with Crippen molar-refractivity contribution in [2.75, 3.05) is 20.1 Å². The van der Waals surface area contributed by atoms with Crippen molar-refractivity contribution < 1.29 is 14.6 Å². The highest BCUT2D eigenvalue weighted by atomic mass is 16.6. The monoisotopic (exact) mass is 331 g/mol. The summed E-state index contributed by atoms with van der Waals surface area (Å²) in [6.07, 6.45) is 4.62. The summed E-state index contributed by atoms with van der Waals surface area (Å²) in [6.45, 7) is 3.96. The molecule has 0 spiro atoms. The molecule has 1 aromatic carbocycles. The zero-order valence-electron chi connectivity index (χ0n) is 14.8. The highest BCUT2D eigenvalue weighted by Gasteiger charge is 2.48. The molecule has 4 nitrogen and oxygen atoms in total. The van der Waals surface area contributed by atoms with Crippen LogP contribution in [0.4, 0.5) is 0 Å². The van der Waals surface area contributed by atoms with Crippen LogP contribution in [0.15, 0.2) is 30.3 Å². The van der Waals surface area contributed by atoms with Gasteiger partial charge in [0.15, 0.2) is 5.60 Å². The summed E-state index contributed by atoms with van der Waals surface area (Å²) in [5, 5.41) is 11.4. The van der Waals surface area contributed by atoms with Gasteiger partial charge in [-0.05, 0) is 31.9 Å². The zero-order valence-corrected chi connectivity index (χ0v) is 14.8. The van der Waals surface area contributed by atoms with E-state index >= 15 is 0 Å². The molecule has 1 heterocycles. The van der Waals surface area contributed by atoms with Gasteiger partial charge in [-0.2, -0.15) is 0 Å². The van der Waals surface area contributed by atoms with Crippen molar-refractivity contribution in [3.05, 3.63) is 35.9 Å². The third-order valence-corrected chi connectivity index (χ3v) is 5.76. The minimum Gasteiger partial charge on any atom is -0.460 e. The molecule has 3 rings (SSSR count). The van der Waals surface area contributed by atoms with Gasteiger partial charge in [0, 0.05) is 24.9 Å². The van der Waals surface area contributed by atoms with E-state index in [9.17, 15) is 9.90 Å². The molecule has 2 aliphatic rings. The van der Waals surface area contributed by atoms with Gasteiger partial charge >= 0.3 is 5.97 Å². The van der Waals surface area contributed by atoms with Crippen LogP contribution < -0.4 is 0 Å². The molecule has 0 amide bonds. The maximum Gasteiger partial charge on any atom is 0.343 e. The fraction of sp³-hybridized carbons (Fsp3) is 0.650. The van der Waals surface area contributed by atoms with Crippen molar-refractivity contribution in [2.24, 2.45) is 11.8 Å². The molecular formula is C20H29NO3. The van der Waals surface area contributed by atoms with Crippen molar-refractivity contribution in [3.8, 4) is 0 Å². The molecule has 1 N–H and O–H groups in total. The molecule has 1 aromatic rings. The number of ether oxygens (including phenoxy) is 1. The number of benzene rings is 1. The van der Waals surface area contributed by atoms with Gasteiger partial charge in [0.2, 0.25) is 0 Å². The lowest BCUT2D eigenvalue weighted by molar-refractivity contribution is -0.184. The summed E-state index contributed by atoms with van der Waals surface area (Å²) in [5.41, 5.74) is -0.844. The van der Waals surface area contributed by atoms with E-state index in [1.54, 1.807) is 0 Å². The Hall–Kier alpha value is -1.39. The summed E-state index contributed by atoms with van der Waals surface area (Å²) in [7, 11) is 2.09. The molecule has 0 aromatic heterocycles. The van der Waals surface area contributed by atoms with Gasteiger partial charge in [-0.15, -0.1) is 0 Å². The first kappa shape index (κ1) is 17.4. The Morgan fingerprint density at radius 1 is 1.21 bits per heavy atom. The number of hydrogen-bond donors (Lipinski definition) is 1. The SMILES string of the molecule is CC1CN(C)CCC1OC(=O)C(O)(c1ccccc1)C1CCCC1. The Morgan fingerprint density at radius 2 is 1.88 bits per heavy atom. The fourth-order valence-electron chi connectivity index (χ4n) is 4.29. The molecule has 24 heavy (non-hydrogen) atoms. The van der Waals surface area contributed by atoms with Gasteiger partial charge in [-0.1, -0.05) is 50.1 Å². The van der Waals surface area contributed by atoms with Gasteiger partial charge in [0.05, 0.1) is 0 Å². The van der Waals surface area contributed by atoms with E-state index in [1.807, 2.05) is 30.3 Å². The van der Waals surface area contributed by atoms with Crippen molar-refractivity contribution in [1.29, 1.82) is 0 Å². The van der Waals surface area contributed by atoms with Crippen LogP contribution in [-0.4, -0.2) is 42.2 Å². The molecule has 0 bridgehead atoms. The predicted molar refractivity (Wildman–Crippen MR) is 93.5 cm³/mol. The summed E-state index contributed by atoms with van der Waals surface area (Å²) in [4.78, 5) is 15.3. The van der Waals surface area contributed by atoms with Crippen LogP contribution >= 0.6 is 0 Å². The molecule has 1 aliphatic heterocycles. The van der Waals surface area contributed by atoms with Crippen LogP contribution in [0.1, 0.15) is 44.6 Å². The van der Waals surface area contributed by atoms with E-state index in [1.165, 1.54) is 0 Å². The molecule has 3 atom stereocenters. The number of esters is 1. The standard InChI is InChI=1S/C20H29NO3/c1-15-14-21(2)13-12-18(15)24-19(22)20(23,17-10-6-7-11-17)16-8-4-3-5-9-16/h3-5,8-9,15,17-18,23H,6-7,10-14H2,1-2H3. The summed E-state index contributed by atoms with van der Waals surface area (Å²) in [5.74, 6) is -0.215. The Bertz CT molecular complexity index is 555. The first-order chi connectivity index (χ1) is 11.5. The van der Waals surface area contributed by atoms with Crippen molar-refractivity contribution in [1.82, 2.24) is 4.90 Å². The minimum atomic E-state index is -1.51. The van der Waals surface area contributed by atoms with E-state index in [0.29, 0.717) is 5.56 Å². The summed E-state index contributed by atoms with van der Waals surface area (Å²) < 4.78 is 5.87. The molecule has 1 aliphatic carbocycles. The lowest BCUT2D eigenvalue weighted by Gasteiger charge is -2.38. The molecule has 1 saturated carbocycles. The molecule has 4 heteroatoms. The molecule has 0 radical (unpaired) electrons. The number of carbonyl (C=O) groups excluding carboxylic acids is 1. The normalized spacial score (nSPS) is 28.5. The van der Waals surface area contributed by atoms with Gasteiger partial charge < -0.3 is 14.7 Å². The topological polar surface area (TPSA) is 49.8 Å². The Kier molecular flexibility index (Phi) is 5.26. The Labute approximate surface area is 144 Å². The second kappa shape index (κ2) is 7.24. The quantitative estimate of drug-likeness (QED) is 0.862. The number of piperidine rings is 1. The van der Waals surface area contributed by atoms with Crippen LogP contribution in [0.2, 0.25) is 0 Å². The molecular weight excluding hydrogens is 302 g/mol. The number of aliphatic hydroxyl groups is 1. The first-order valence-electron chi connectivity index (χ1n) is 9.19. The van der Waals surface area contributed by atoms with Crippen molar-refractivity contribution in [2.45, 2.75) is 50.7 Å². The molecule has 132 valence electrons. The van der Waals surface area contributed by atoms with Crippen LogP contribution in [-0.2, 0) is 15.1 Å². The average Bonchev–Trinajstić information content (AvgIpc) is 3.12. The van der Waals surface area contributed by atoms with E-state index in [-0.39, 0.29) is 17.9 Å². The van der Waals surface area contributed by atoms with Crippen LogP contribution in [0.3, 0.4) is 0 Å². The summed E-state index contributed by atoms with van der Waals surface area (Å²) in [6, 6.07) is 9.35. The Balaban J connectivity index is 1.81. The van der Waals surface area contributed by atoms with E-state index in [2.05, 4.69) is 18.9 Å². The number of nitrogens with zero attached hydrogens (tertiary/aromatic N) is 1. The summed E-state index contributed by atoms with van der Waals surface area (Å²) >= 11 is 0. The largest absolute Gasteiger partial charge is 0.460 e. The Morgan fingerprint density at radius 3 is 2.50 bits per heavy atom. The maximum atomic E-state index is 13.1. The van der Waals surface area contributed by atoms with Gasteiger partial charge in [-0.3, -0.25) is 0 Å². The van der Waals surface area contributed by atoms with Crippen molar-refractivity contribution >= 4 is 5.97 Å². The van der Waals surface area contributed by atoms with E-state index in [0.717, 1.165) is 45.2 Å². The molecule has 3 unspecified atom stereocenters. The minimum absolute atomic E-state index is 0.0472. The van der Waals surface area contributed by atoms with Gasteiger partial charge in [0.1, 0.15) is 6.10 Å². The van der Waals surface area contributed by atoms with Crippen LogP contribution in [0, 0.1) is 11.8 Å². The van der Waals surface area contributed by atoms with Gasteiger partial charge in [-0.25, -0.2) is 4.79 Å². The predicted octanol–water partition coefficient (Wildman–Crippen LogP) is 2.95. The second-order valence-electron chi connectivity index (χ2n) is 7.59. The third-order valence-electron chi connectivity index (χ3n) is 5.76. The second-order valence-corrected chi connectivity index (χ2v) is 7.59. The smallest absolute Gasteiger partial charge is 0.343 e. The number of rotatable bonds is 4. The lowest BCUT2D eigenvalue weighted by atomic mass is 9.80. The lowest BCUT2D eigenvalue weighted by Crippen LogP contribution is -2.48.